The minimum absolute atomic E-state index is 0.0595. The van der Waals surface area contributed by atoms with Crippen LogP contribution in [0.5, 0.6) is 0 Å². The van der Waals surface area contributed by atoms with Crippen molar-refractivity contribution >= 4 is 27.5 Å². The fourth-order valence-electron chi connectivity index (χ4n) is 3.87. The summed E-state index contributed by atoms with van der Waals surface area (Å²) < 4.78 is 27.6. The first-order chi connectivity index (χ1) is 14.6. The second-order valence-electron chi connectivity index (χ2n) is 7.78. The third kappa shape index (κ3) is 4.80. The molecule has 0 unspecified atom stereocenters. The molecule has 2 aromatic carbocycles. The summed E-state index contributed by atoms with van der Waals surface area (Å²) in [4.78, 5) is 28.2. The van der Waals surface area contributed by atoms with Crippen LogP contribution in [0.25, 0.3) is 0 Å². The van der Waals surface area contributed by atoms with Crippen molar-refractivity contribution in [1.82, 2.24) is 9.21 Å². The van der Waals surface area contributed by atoms with E-state index in [1.165, 1.54) is 23.4 Å². The number of carbonyl (C=O) groups is 2. The van der Waals surface area contributed by atoms with Crippen molar-refractivity contribution < 1.29 is 18.0 Å². The smallest absolute Gasteiger partial charge is 0.258 e. The zero-order valence-corrected chi connectivity index (χ0v) is 19.3. The van der Waals surface area contributed by atoms with Gasteiger partial charge in [0.05, 0.1) is 4.90 Å². The Bertz CT molecular complexity index is 1090. The maximum atomic E-state index is 13.3. The lowest BCUT2D eigenvalue weighted by Gasteiger charge is -2.33. The van der Waals surface area contributed by atoms with Gasteiger partial charge in [-0.2, -0.15) is 4.31 Å². The number of hydrogen-bond donors (Lipinski definition) is 0. The van der Waals surface area contributed by atoms with E-state index in [9.17, 15) is 18.0 Å². The molecule has 166 valence electrons. The quantitative estimate of drug-likeness (QED) is 0.712. The van der Waals surface area contributed by atoms with Crippen LogP contribution < -0.4 is 4.90 Å². The van der Waals surface area contributed by atoms with E-state index < -0.39 is 10.0 Å². The molecule has 1 saturated heterocycles. The SMILES string of the molecule is CCN(C(=O)c1cccc(S(=O)(=O)N2CCN(C(C)=O)CC2)c1)c1ccc(C)cc1C. The molecule has 31 heavy (non-hydrogen) atoms. The number of rotatable bonds is 5. The van der Waals surface area contributed by atoms with Gasteiger partial charge in [0.15, 0.2) is 0 Å². The van der Waals surface area contributed by atoms with Crippen molar-refractivity contribution in [2.45, 2.75) is 32.6 Å². The van der Waals surface area contributed by atoms with Gasteiger partial charge in [-0.3, -0.25) is 9.59 Å². The number of amides is 2. The molecule has 0 N–H and O–H groups in total. The first kappa shape index (κ1) is 23.0. The van der Waals surface area contributed by atoms with E-state index in [1.54, 1.807) is 21.9 Å². The summed E-state index contributed by atoms with van der Waals surface area (Å²) in [6, 6.07) is 12.1. The van der Waals surface area contributed by atoms with Crippen molar-refractivity contribution in [1.29, 1.82) is 0 Å². The number of nitrogens with zero attached hydrogens (tertiary/aromatic N) is 3. The van der Waals surface area contributed by atoms with Crippen LogP contribution in [0.2, 0.25) is 0 Å². The molecule has 0 aliphatic carbocycles. The first-order valence-electron chi connectivity index (χ1n) is 10.4. The van der Waals surface area contributed by atoms with Crippen molar-refractivity contribution in [3.8, 4) is 0 Å². The molecule has 0 radical (unpaired) electrons. The van der Waals surface area contributed by atoms with Crippen molar-refractivity contribution in [2.24, 2.45) is 0 Å². The normalized spacial score (nSPS) is 15.0. The van der Waals surface area contributed by atoms with Crippen LogP contribution >= 0.6 is 0 Å². The number of carbonyl (C=O) groups excluding carboxylic acids is 2. The average molecular weight is 444 g/mol. The fraction of sp³-hybridized carbons (Fsp3) is 0.391. The zero-order valence-electron chi connectivity index (χ0n) is 18.5. The molecule has 8 heteroatoms. The van der Waals surface area contributed by atoms with E-state index in [-0.39, 0.29) is 29.8 Å². The molecule has 1 fully saturated rings. The highest BCUT2D eigenvalue weighted by Gasteiger charge is 2.30. The maximum Gasteiger partial charge on any atom is 0.258 e. The molecule has 1 aliphatic heterocycles. The molecule has 2 aromatic rings. The van der Waals surface area contributed by atoms with Crippen LogP contribution in [-0.4, -0.2) is 62.2 Å². The van der Waals surface area contributed by atoms with Gasteiger partial charge in [0.25, 0.3) is 5.91 Å². The Morgan fingerprint density at radius 2 is 1.68 bits per heavy atom. The van der Waals surface area contributed by atoms with Crippen LogP contribution in [0.4, 0.5) is 5.69 Å². The van der Waals surface area contributed by atoms with Gasteiger partial charge in [-0.1, -0.05) is 23.8 Å². The molecule has 1 heterocycles. The highest BCUT2D eigenvalue weighted by Crippen LogP contribution is 2.25. The Hall–Kier alpha value is -2.71. The molecule has 0 aromatic heterocycles. The molecular formula is C23H29N3O4S. The Kier molecular flexibility index (Phi) is 6.81. The van der Waals surface area contributed by atoms with Gasteiger partial charge in [0.1, 0.15) is 0 Å². The van der Waals surface area contributed by atoms with E-state index in [1.807, 2.05) is 39.0 Å². The van der Waals surface area contributed by atoms with E-state index in [4.69, 9.17) is 0 Å². The number of anilines is 1. The second kappa shape index (κ2) is 9.20. The van der Waals surface area contributed by atoms with Crippen molar-refractivity contribution in [3.05, 3.63) is 59.2 Å². The molecular weight excluding hydrogens is 414 g/mol. The van der Waals surface area contributed by atoms with Gasteiger partial charge in [-0.05, 0) is 50.6 Å². The van der Waals surface area contributed by atoms with Gasteiger partial charge < -0.3 is 9.80 Å². The molecule has 2 amide bonds. The summed E-state index contributed by atoms with van der Waals surface area (Å²) in [5.74, 6) is -0.302. The van der Waals surface area contributed by atoms with Gasteiger partial charge in [0.2, 0.25) is 15.9 Å². The standard InChI is InChI=1S/C23H29N3O4S/c1-5-26(22-10-9-17(2)15-18(22)3)23(28)20-7-6-8-21(16-20)31(29,30)25-13-11-24(12-14-25)19(4)27/h6-10,15-16H,5,11-14H2,1-4H3. The van der Waals surface area contributed by atoms with Gasteiger partial charge >= 0.3 is 0 Å². The number of hydrogen-bond acceptors (Lipinski definition) is 4. The van der Waals surface area contributed by atoms with Crippen LogP contribution in [0.1, 0.15) is 35.3 Å². The summed E-state index contributed by atoms with van der Waals surface area (Å²) >= 11 is 0. The van der Waals surface area contributed by atoms with E-state index in [0.29, 0.717) is 25.2 Å². The highest BCUT2D eigenvalue weighted by molar-refractivity contribution is 7.89. The van der Waals surface area contributed by atoms with Crippen molar-refractivity contribution in [2.75, 3.05) is 37.6 Å². The molecule has 0 saturated carbocycles. The summed E-state index contributed by atoms with van der Waals surface area (Å²) in [6.45, 7) is 9.01. The van der Waals surface area contributed by atoms with E-state index >= 15 is 0 Å². The Labute approximate surface area is 184 Å². The third-order valence-electron chi connectivity index (χ3n) is 5.61. The van der Waals surface area contributed by atoms with Gasteiger partial charge in [-0.25, -0.2) is 8.42 Å². The van der Waals surface area contributed by atoms with Crippen LogP contribution in [0.3, 0.4) is 0 Å². The van der Waals surface area contributed by atoms with Crippen LogP contribution in [0.15, 0.2) is 47.4 Å². The van der Waals surface area contributed by atoms with E-state index in [2.05, 4.69) is 0 Å². The largest absolute Gasteiger partial charge is 0.340 e. The summed E-state index contributed by atoms with van der Waals surface area (Å²) in [7, 11) is -3.75. The number of piperazine rings is 1. The van der Waals surface area contributed by atoms with E-state index in [0.717, 1.165) is 16.8 Å². The Morgan fingerprint density at radius 1 is 1.00 bits per heavy atom. The Morgan fingerprint density at radius 3 is 2.26 bits per heavy atom. The molecule has 3 rings (SSSR count). The number of sulfonamides is 1. The fourth-order valence-corrected chi connectivity index (χ4v) is 5.34. The molecule has 0 atom stereocenters. The lowest BCUT2D eigenvalue weighted by atomic mass is 10.1. The summed E-state index contributed by atoms with van der Waals surface area (Å²) in [6.07, 6.45) is 0. The second-order valence-corrected chi connectivity index (χ2v) is 9.72. The van der Waals surface area contributed by atoms with Gasteiger partial charge in [0, 0.05) is 50.9 Å². The molecule has 1 aliphatic rings. The van der Waals surface area contributed by atoms with Gasteiger partial charge in [-0.15, -0.1) is 0 Å². The van der Waals surface area contributed by atoms with Crippen molar-refractivity contribution in [3.63, 3.8) is 0 Å². The summed E-state index contributed by atoms with van der Waals surface area (Å²) in [5.41, 5.74) is 3.24. The first-order valence-corrected chi connectivity index (χ1v) is 11.8. The zero-order chi connectivity index (χ0) is 22.8. The monoisotopic (exact) mass is 443 g/mol. The molecule has 0 spiro atoms. The number of aryl methyl sites for hydroxylation is 2. The topological polar surface area (TPSA) is 78.0 Å². The minimum Gasteiger partial charge on any atom is -0.340 e. The third-order valence-corrected chi connectivity index (χ3v) is 7.50. The van der Waals surface area contributed by atoms with Crippen LogP contribution in [0, 0.1) is 13.8 Å². The maximum absolute atomic E-state index is 13.3. The Balaban J connectivity index is 1.86. The predicted octanol–water partition coefficient (Wildman–Crippen LogP) is 2.82. The summed E-state index contributed by atoms with van der Waals surface area (Å²) in [5, 5.41) is 0. The number of benzene rings is 2. The lowest BCUT2D eigenvalue weighted by molar-refractivity contribution is -0.129. The minimum atomic E-state index is -3.75. The average Bonchev–Trinajstić information content (AvgIpc) is 2.75. The lowest BCUT2D eigenvalue weighted by Crippen LogP contribution is -2.49. The highest BCUT2D eigenvalue weighted by atomic mass is 32.2. The predicted molar refractivity (Wildman–Crippen MR) is 121 cm³/mol. The molecule has 0 bridgehead atoms. The molecule has 7 nitrogen and oxygen atoms in total. The van der Waals surface area contributed by atoms with Crippen LogP contribution in [-0.2, 0) is 14.8 Å².